The Morgan fingerprint density at radius 1 is 1.22 bits per heavy atom. The Bertz CT molecular complexity index is 1290. The molecule has 32 heavy (non-hydrogen) atoms. The van der Waals surface area contributed by atoms with Gasteiger partial charge in [0.25, 0.3) is 0 Å². The molecule has 0 aromatic carbocycles. The zero-order valence-corrected chi connectivity index (χ0v) is 19.2. The van der Waals surface area contributed by atoms with Crippen molar-refractivity contribution in [2.45, 2.75) is 46.5 Å². The molecule has 0 amide bonds. The number of sulfone groups is 1. The lowest BCUT2D eigenvalue weighted by molar-refractivity contribution is 0.0856. The summed E-state index contributed by atoms with van der Waals surface area (Å²) in [5, 5.41) is 4.67. The van der Waals surface area contributed by atoms with Crippen LogP contribution in [0.3, 0.4) is 0 Å². The van der Waals surface area contributed by atoms with Gasteiger partial charge in [0, 0.05) is 48.3 Å². The summed E-state index contributed by atoms with van der Waals surface area (Å²) in [5.74, 6) is 0.181. The van der Waals surface area contributed by atoms with Crippen molar-refractivity contribution in [3.8, 4) is 17.0 Å². The van der Waals surface area contributed by atoms with E-state index in [4.69, 9.17) is 4.74 Å². The summed E-state index contributed by atoms with van der Waals surface area (Å²) < 4.78 is 43.2. The second kappa shape index (κ2) is 7.91. The van der Waals surface area contributed by atoms with Gasteiger partial charge in [-0.15, -0.1) is 0 Å². The number of nitrogens with zero attached hydrogens (tertiary/aromatic N) is 4. The number of carbonyl (C=O) groups excluding carboxylic acids is 1. The third-order valence-electron chi connectivity index (χ3n) is 5.37. The lowest BCUT2D eigenvalue weighted by atomic mass is 9.86. The molecule has 0 spiro atoms. The first-order chi connectivity index (χ1) is 15.0. The fourth-order valence-electron chi connectivity index (χ4n) is 4.17. The maximum absolute atomic E-state index is 13.2. The molecule has 10 heteroatoms. The van der Waals surface area contributed by atoms with Crippen LogP contribution in [0.15, 0.2) is 30.7 Å². The molecule has 1 aliphatic rings. The molecule has 1 unspecified atom stereocenters. The molecule has 0 N–H and O–H groups in total. The fraction of sp³-hybridized carbons (Fsp3) is 0.455. The van der Waals surface area contributed by atoms with Gasteiger partial charge in [0.2, 0.25) is 6.36 Å². The van der Waals surface area contributed by atoms with E-state index in [-0.39, 0.29) is 35.5 Å². The minimum Gasteiger partial charge on any atom is -0.459 e. The Balaban J connectivity index is 1.71. The predicted octanol–water partition coefficient (Wildman–Crippen LogP) is 3.78. The molecule has 1 aliphatic heterocycles. The van der Waals surface area contributed by atoms with E-state index >= 15 is 0 Å². The van der Waals surface area contributed by atoms with Gasteiger partial charge in [0.05, 0.1) is 23.2 Å². The van der Waals surface area contributed by atoms with Gasteiger partial charge in [0.15, 0.2) is 15.6 Å². The highest BCUT2D eigenvalue weighted by atomic mass is 32.2. The average molecular weight is 461 g/mol. The van der Waals surface area contributed by atoms with E-state index in [1.54, 1.807) is 23.0 Å². The van der Waals surface area contributed by atoms with E-state index in [1.165, 1.54) is 19.3 Å². The van der Waals surface area contributed by atoms with E-state index in [2.05, 4.69) is 15.1 Å². The normalized spacial score (nSPS) is 17.8. The van der Waals surface area contributed by atoms with E-state index in [1.807, 2.05) is 20.8 Å². The Morgan fingerprint density at radius 2 is 1.94 bits per heavy atom. The van der Waals surface area contributed by atoms with Crippen LogP contribution in [0.2, 0.25) is 0 Å². The first-order valence-corrected chi connectivity index (χ1v) is 12.2. The molecule has 1 atom stereocenters. The summed E-state index contributed by atoms with van der Waals surface area (Å²) in [6.45, 7) is 7.03. The first-order valence-electron chi connectivity index (χ1n) is 10.3. The number of alkyl halides is 1. The third-order valence-corrected chi connectivity index (χ3v) is 7.64. The van der Waals surface area contributed by atoms with Crippen LogP contribution in [0.25, 0.3) is 22.3 Å². The Morgan fingerprint density at radius 3 is 2.56 bits per heavy atom. The SMILES string of the molecule is CC(F)Oc1cncc(-c2nn(C(C)C)c3cc(C(=O)CC4(C)CS(=O)(=O)C4)cnc23)c1. The first kappa shape index (κ1) is 22.3. The number of carbonyl (C=O) groups is 1. The van der Waals surface area contributed by atoms with Crippen LogP contribution in [0.4, 0.5) is 4.39 Å². The fourth-order valence-corrected chi connectivity index (χ4v) is 6.41. The molecule has 3 aromatic rings. The molecule has 8 nitrogen and oxygen atoms in total. The summed E-state index contributed by atoms with van der Waals surface area (Å²) >= 11 is 0. The Hall–Kier alpha value is -2.88. The quantitative estimate of drug-likeness (QED) is 0.494. The van der Waals surface area contributed by atoms with Crippen LogP contribution in [0.5, 0.6) is 5.75 Å². The zero-order valence-electron chi connectivity index (χ0n) is 18.4. The maximum Gasteiger partial charge on any atom is 0.235 e. The van der Waals surface area contributed by atoms with Crippen molar-refractivity contribution in [3.05, 3.63) is 36.3 Å². The van der Waals surface area contributed by atoms with Crippen LogP contribution < -0.4 is 4.74 Å². The van der Waals surface area contributed by atoms with Gasteiger partial charge in [-0.3, -0.25) is 19.4 Å². The summed E-state index contributed by atoms with van der Waals surface area (Å²) in [7, 11) is -3.03. The van der Waals surface area contributed by atoms with E-state index in [0.29, 0.717) is 27.9 Å². The topological polar surface area (TPSA) is 104 Å². The molecule has 4 rings (SSSR count). The summed E-state index contributed by atoms with van der Waals surface area (Å²) in [5.41, 5.74) is 2.31. The second-order valence-corrected chi connectivity index (χ2v) is 11.1. The highest BCUT2D eigenvalue weighted by Crippen LogP contribution is 2.37. The molecular weight excluding hydrogens is 435 g/mol. The van der Waals surface area contributed by atoms with E-state index in [9.17, 15) is 17.6 Å². The minimum atomic E-state index is -3.03. The largest absolute Gasteiger partial charge is 0.459 e. The van der Waals surface area contributed by atoms with Crippen molar-refractivity contribution in [1.82, 2.24) is 19.7 Å². The summed E-state index contributed by atoms with van der Waals surface area (Å²) in [4.78, 5) is 21.5. The van der Waals surface area contributed by atoms with Crippen molar-refractivity contribution in [2.75, 3.05) is 11.5 Å². The molecule has 1 saturated heterocycles. The highest BCUT2D eigenvalue weighted by molar-refractivity contribution is 7.92. The van der Waals surface area contributed by atoms with Crippen LogP contribution in [-0.2, 0) is 9.84 Å². The molecule has 0 radical (unpaired) electrons. The van der Waals surface area contributed by atoms with Crippen LogP contribution in [-0.4, -0.2) is 51.8 Å². The zero-order chi connectivity index (χ0) is 23.3. The molecule has 0 saturated carbocycles. The number of fused-ring (bicyclic) bond motifs is 1. The van der Waals surface area contributed by atoms with Crippen molar-refractivity contribution in [1.29, 1.82) is 0 Å². The van der Waals surface area contributed by atoms with Crippen LogP contribution >= 0.6 is 0 Å². The van der Waals surface area contributed by atoms with Crippen molar-refractivity contribution in [2.24, 2.45) is 5.41 Å². The number of pyridine rings is 2. The van der Waals surface area contributed by atoms with Gasteiger partial charge in [-0.25, -0.2) is 12.8 Å². The van der Waals surface area contributed by atoms with Crippen LogP contribution in [0.1, 0.15) is 50.5 Å². The molecule has 1 fully saturated rings. The maximum atomic E-state index is 13.2. The lowest BCUT2D eigenvalue weighted by Crippen LogP contribution is -2.47. The molecule has 170 valence electrons. The molecule has 3 aromatic heterocycles. The summed E-state index contributed by atoms with van der Waals surface area (Å²) in [6, 6.07) is 3.38. The van der Waals surface area contributed by atoms with Gasteiger partial charge in [-0.2, -0.15) is 5.10 Å². The number of Topliss-reactive ketones (excluding diaryl/α,β-unsaturated/α-hetero) is 1. The smallest absolute Gasteiger partial charge is 0.235 e. The Labute approximate surface area is 185 Å². The van der Waals surface area contributed by atoms with Gasteiger partial charge >= 0.3 is 0 Å². The molecule has 0 bridgehead atoms. The standard InChI is InChI=1S/C22H25FN4O4S/c1-13(2)27-18-6-15(19(28)7-22(4)11-32(29,30)12-22)9-25-21(18)20(26-27)16-5-17(10-24-8-16)31-14(3)23/h5-6,8-10,13-14H,7,11-12H2,1-4H3. The highest BCUT2D eigenvalue weighted by Gasteiger charge is 2.45. The van der Waals surface area contributed by atoms with Gasteiger partial charge in [-0.1, -0.05) is 6.92 Å². The summed E-state index contributed by atoms with van der Waals surface area (Å²) in [6.07, 6.45) is 3.19. The number of hydrogen-bond donors (Lipinski definition) is 0. The average Bonchev–Trinajstić information content (AvgIpc) is 3.05. The number of ketones is 1. The number of ether oxygens (including phenoxy) is 1. The minimum absolute atomic E-state index is 0.00838. The van der Waals surface area contributed by atoms with Crippen molar-refractivity contribution in [3.63, 3.8) is 0 Å². The number of hydrogen-bond acceptors (Lipinski definition) is 7. The monoisotopic (exact) mass is 460 g/mol. The third kappa shape index (κ3) is 4.36. The van der Waals surface area contributed by atoms with Crippen molar-refractivity contribution < 1.29 is 22.3 Å². The van der Waals surface area contributed by atoms with Crippen molar-refractivity contribution >= 4 is 26.7 Å². The molecule has 4 heterocycles. The molecule has 0 aliphatic carbocycles. The predicted molar refractivity (Wildman–Crippen MR) is 118 cm³/mol. The number of rotatable bonds is 7. The number of halogens is 1. The molecular formula is C22H25FN4O4S. The van der Waals surface area contributed by atoms with E-state index in [0.717, 1.165) is 0 Å². The Kier molecular flexibility index (Phi) is 5.52. The van der Waals surface area contributed by atoms with Gasteiger partial charge in [-0.05, 0) is 26.0 Å². The van der Waals surface area contributed by atoms with Crippen LogP contribution in [0, 0.1) is 5.41 Å². The lowest BCUT2D eigenvalue weighted by Gasteiger charge is -2.37. The van der Waals surface area contributed by atoms with E-state index < -0.39 is 21.6 Å². The van der Waals surface area contributed by atoms with Gasteiger partial charge in [0.1, 0.15) is 17.0 Å². The number of aromatic nitrogens is 4. The second-order valence-electron chi connectivity index (χ2n) is 8.99. The van der Waals surface area contributed by atoms with Gasteiger partial charge < -0.3 is 4.74 Å².